The van der Waals surface area contributed by atoms with Crippen LogP contribution in [0.25, 0.3) is 0 Å². The lowest BCUT2D eigenvalue weighted by Gasteiger charge is -2.29. The molecule has 0 aliphatic rings. The highest BCUT2D eigenvalue weighted by Gasteiger charge is 2.25. The van der Waals surface area contributed by atoms with Crippen LogP contribution >= 0.6 is 27.5 Å². The Morgan fingerprint density at radius 1 is 1.32 bits per heavy atom. The summed E-state index contributed by atoms with van der Waals surface area (Å²) in [6.45, 7) is 9.44. The van der Waals surface area contributed by atoms with E-state index < -0.39 is 0 Å². The zero-order valence-electron chi connectivity index (χ0n) is 11.9. The zero-order valence-corrected chi connectivity index (χ0v) is 14.3. The highest BCUT2D eigenvalue weighted by molar-refractivity contribution is 9.10. The van der Waals surface area contributed by atoms with Crippen LogP contribution < -0.4 is 5.32 Å². The average molecular weight is 351 g/mol. The number of nitrogens with one attached hydrogen (secondary N) is 1. The third-order valence-corrected chi connectivity index (χ3v) is 4.85. The van der Waals surface area contributed by atoms with E-state index in [4.69, 9.17) is 11.6 Å². The molecule has 0 aliphatic carbocycles. The molecule has 2 atom stereocenters. The lowest BCUT2D eigenvalue weighted by atomic mass is 9.85. The Balaban J connectivity index is 3.13. The first-order valence-electron chi connectivity index (χ1n) is 6.76. The Morgan fingerprint density at radius 3 is 2.47 bits per heavy atom. The van der Waals surface area contributed by atoms with Crippen LogP contribution in [0.5, 0.6) is 0 Å². The van der Waals surface area contributed by atoms with E-state index in [-0.39, 0.29) is 16.9 Å². The van der Waals surface area contributed by atoms with Gasteiger partial charge in [-0.2, -0.15) is 0 Å². The van der Waals surface area contributed by atoms with E-state index in [0.717, 1.165) is 13.0 Å². The fourth-order valence-electron chi connectivity index (χ4n) is 2.04. The van der Waals surface area contributed by atoms with Crippen molar-refractivity contribution in [3.05, 3.63) is 33.0 Å². The smallest absolute Gasteiger partial charge is 0.147 e. The van der Waals surface area contributed by atoms with Gasteiger partial charge in [0.05, 0.1) is 5.02 Å². The summed E-state index contributed by atoms with van der Waals surface area (Å²) in [5.74, 6) is 0.478. The average Bonchev–Trinajstić information content (AvgIpc) is 2.38. The fraction of sp³-hybridized carbons (Fsp3) is 0.600. The first kappa shape index (κ1) is 16.9. The van der Waals surface area contributed by atoms with Gasteiger partial charge in [0.2, 0.25) is 0 Å². The molecule has 108 valence electrons. The molecule has 0 aromatic heterocycles. The molecular weight excluding hydrogens is 329 g/mol. The second-order valence-corrected chi connectivity index (χ2v) is 6.53. The standard InChI is InChI=1S/C15H22BrClFN/c1-5-8-19-15(10(4)9(2)3)11-6-7-12(16)13(17)14(11)18/h6-7,9-10,15,19H,5,8H2,1-4H3. The van der Waals surface area contributed by atoms with Crippen LogP contribution in [0, 0.1) is 17.7 Å². The molecule has 0 fully saturated rings. The summed E-state index contributed by atoms with van der Waals surface area (Å²) < 4.78 is 15.0. The van der Waals surface area contributed by atoms with Crippen LogP contribution in [0.1, 0.15) is 45.7 Å². The molecule has 0 saturated heterocycles. The minimum absolute atomic E-state index is 0.00875. The Kier molecular flexibility index (Phi) is 6.78. The first-order chi connectivity index (χ1) is 8.90. The number of hydrogen-bond acceptors (Lipinski definition) is 1. The second-order valence-electron chi connectivity index (χ2n) is 5.30. The molecule has 0 radical (unpaired) electrons. The maximum atomic E-state index is 14.4. The molecule has 0 aliphatic heterocycles. The molecule has 0 bridgehead atoms. The van der Waals surface area contributed by atoms with Gasteiger partial charge in [-0.05, 0) is 46.8 Å². The summed E-state index contributed by atoms with van der Waals surface area (Å²) in [7, 11) is 0. The predicted octanol–water partition coefficient (Wildman–Crippen LogP) is 5.57. The zero-order chi connectivity index (χ0) is 14.6. The molecule has 1 rings (SSSR count). The number of halogens is 3. The van der Waals surface area contributed by atoms with Gasteiger partial charge in [-0.1, -0.05) is 45.4 Å². The van der Waals surface area contributed by atoms with E-state index in [9.17, 15) is 4.39 Å². The van der Waals surface area contributed by atoms with Gasteiger partial charge in [0.25, 0.3) is 0 Å². The van der Waals surface area contributed by atoms with Gasteiger partial charge in [-0.25, -0.2) is 4.39 Å². The van der Waals surface area contributed by atoms with Crippen LogP contribution in [0.3, 0.4) is 0 Å². The molecule has 0 heterocycles. The third-order valence-electron chi connectivity index (χ3n) is 3.59. The first-order valence-corrected chi connectivity index (χ1v) is 7.94. The van der Waals surface area contributed by atoms with E-state index in [1.54, 1.807) is 0 Å². The topological polar surface area (TPSA) is 12.0 Å². The van der Waals surface area contributed by atoms with Crippen molar-refractivity contribution in [1.82, 2.24) is 5.32 Å². The van der Waals surface area contributed by atoms with Crippen molar-refractivity contribution >= 4 is 27.5 Å². The molecular formula is C15H22BrClFN. The van der Waals surface area contributed by atoms with Crippen LogP contribution in [0.15, 0.2) is 16.6 Å². The van der Waals surface area contributed by atoms with Crippen molar-refractivity contribution in [2.75, 3.05) is 6.54 Å². The largest absolute Gasteiger partial charge is 0.310 e. The molecule has 19 heavy (non-hydrogen) atoms. The monoisotopic (exact) mass is 349 g/mol. The summed E-state index contributed by atoms with van der Waals surface area (Å²) in [6, 6.07) is 3.62. The highest BCUT2D eigenvalue weighted by atomic mass is 79.9. The third kappa shape index (κ3) is 4.17. The minimum Gasteiger partial charge on any atom is -0.310 e. The van der Waals surface area contributed by atoms with Crippen LogP contribution in [0.2, 0.25) is 5.02 Å². The van der Waals surface area contributed by atoms with Crippen molar-refractivity contribution < 1.29 is 4.39 Å². The quantitative estimate of drug-likeness (QED) is 0.661. The SMILES string of the molecule is CCCNC(c1ccc(Br)c(Cl)c1F)C(C)C(C)C. The van der Waals surface area contributed by atoms with E-state index >= 15 is 0 Å². The lowest BCUT2D eigenvalue weighted by Crippen LogP contribution is -2.31. The number of hydrogen-bond donors (Lipinski definition) is 1. The molecule has 4 heteroatoms. The molecule has 0 amide bonds. The molecule has 0 saturated carbocycles. The Morgan fingerprint density at radius 2 is 1.95 bits per heavy atom. The Labute approximate surface area is 129 Å². The summed E-state index contributed by atoms with van der Waals surface area (Å²) in [5, 5.41) is 3.60. The number of benzene rings is 1. The van der Waals surface area contributed by atoms with Gasteiger partial charge >= 0.3 is 0 Å². The van der Waals surface area contributed by atoms with E-state index in [1.807, 2.05) is 12.1 Å². The van der Waals surface area contributed by atoms with E-state index in [2.05, 4.69) is 48.9 Å². The van der Waals surface area contributed by atoms with Gasteiger partial charge in [-0.3, -0.25) is 0 Å². The van der Waals surface area contributed by atoms with Gasteiger partial charge in [0, 0.05) is 16.1 Å². The Bertz CT molecular complexity index is 423. The molecule has 1 N–H and O–H groups in total. The number of rotatable bonds is 6. The maximum Gasteiger partial charge on any atom is 0.147 e. The summed E-state index contributed by atoms with van der Waals surface area (Å²) in [4.78, 5) is 0. The van der Waals surface area contributed by atoms with Crippen molar-refractivity contribution in [1.29, 1.82) is 0 Å². The van der Waals surface area contributed by atoms with Crippen molar-refractivity contribution in [3.8, 4) is 0 Å². The maximum absolute atomic E-state index is 14.4. The van der Waals surface area contributed by atoms with Gasteiger partial charge in [0.15, 0.2) is 0 Å². The van der Waals surface area contributed by atoms with Gasteiger partial charge < -0.3 is 5.32 Å². The molecule has 0 spiro atoms. The molecule has 2 unspecified atom stereocenters. The van der Waals surface area contributed by atoms with Crippen LogP contribution in [0.4, 0.5) is 4.39 Å². The van der Waals surface area contributed by atoms with Crippen molar-refractivity contribution in [2.24, 2.45) is 11.8 Å². The fourth-order valence-corrected chi connectivity index (χ4v) is 2.52. The van der Waals surface area contributed by atoms with E-state index in [1.165, 1.54) is 0 Å². The van der Waals surface area contributed by atoms with Crippen LogP contribution in [-0.2, 0) is 0 Å². The molecule has 1 aromatic carbocycles. The van der Waals surface area contributed by atoms with Crippen LogP contribution in [-0.4, -0.2) is 6.54 Å². The minimum atomic E-state index is -0.322. The van der Waals surface area contributed by atoms with Gasteiger partial charge in [0.1, 0.15) is 5.82 Å². The lowest BCUT2D eigenvalue weighted by molar-refractivity contribution is 0.297. The van der Waals surface area contributed by atoms with Crippen molar-refractivity contribution in [2.45, 2.75) is 40.2 Å². The summed E-state index contributed by atoms with van der Waals surface area (Å²) in [5.41, 5.74) is 0.655. The molecule has 1 nitrogen and oxygen atoms in total. The highest BCUT2D eigenvalue weighted by Crippen LogP contribution is 2.35. The van der Waals surface area contributed by atoms with E-state index in [0.29, 0.717) is 21.9 Å². The summed E-state index contributed by atoms with van der Waals surface area (Å²) in [6.07, 6.45) is 1.02. The summed E-state index contributed by atoms with van der Waals surface area (Å²) >= 11 is 9.25. The Hall–Kier alpha value is -0.120. The second kappa shape index (κ2) is 7.61. The predicted molar refractivity (Wildman–Crippen MR) is 84.1 cm³/mol. The molecule has 1 aromatic rings. The van der Waals surface area contributed by atoms with Crippen molar-refractivity contribution in [3.63, 3.8) is 0 Å². The normalized spacial score (nSPS) is 14.7. The van der Waals surface area contributed by atoms with Gasteiger partial charge in [-0.15, -0.1) is 0 Å².